The molecule has 0 aromatic heterocycles. The summed E-state index contributed by atoms with van der Waals surface area (Å²) >= 11 is 0. The van der Waals surface area contributed by atoms with Crippen molar-refractivity contribution in [1.29, 1.82) is 0 Å². The zero-order valence-electron chi connectivity index (χ0n) is 13.9. The first-order valence-corrected chi connectivity index (χ1v) is 7.67. The molecule has 0 saturated heterocycles. The molecular formula is C18H28O3. The van der Waals surface area contributed by atoms with Crippen LogP contribution in [0.2, 0.25) is 0 Å². The van der Waals surface area contributed by atoms with Crippen LogP contribution in [-0.4, -0.2) is 21.3 Å². The first-order chi connectivity index (χ1) is 10.2. The zero-order valence-corrected chi connectivity index (χ0v) is 13.9. The van der Waals surface area contributed by atoms with Gasteiger partial charge in [0.15, 0.2) is 11.5 Å². The summed E-state index contributed by atoms with van der Waals surface area (Å²) in [5, 5.41) is 0. The van der Waals surface area contributed by atoms with Crippen molar-refractivity contribution in [1.82, 2.24) is 0 Å². The molecule has 1 rings (SSSR count). The number of hydrogen-bond acceptors (Lipinski definition) is 3. The minimum atomic E-state index is 0.438. The van der Waals surface area contributed by atoms with Gasteiger partial charge in [-0.15, -0.1) is 0 Å². The number of ether oxygens (including phenoxy) is 3. The quantitative estimate of drug-likeness (QED) is 0.603. The Labute approximate surface area is 128 Å². The fraction of sp³-hybridized carbons (Fsp3) is 0.556. The average Bonchev–Trinajstić information content (AvgIpc) is 2.52. The Morgan fingerprint density at radius 3 is 2.19 bits per heavy atom. The highest BCUT2D eigenvalue weighted by Crippen LogP contribution is 2.44. The summed E-state index contributed by atoms with van der Waals surface area (Å²) in [6, 6.07) is 4.06. The zero-order chi connectivity index (χ0) is 15.7. The molecule has 0 N–H and O–H groups in total. The van der Waals surface area contributed by atoms with Gasteiger partial charge in [0.25, 0.3) is 0 Å². The Morgan fingerprint density at radius 2 is 1.67 bits per heavy atom. The van der Waals surface area contributed by atoms with Crippen LogP contribution in [0.3, 0.4) is 0 Å². The molecule has 0 radical (unpaired) electrons. The van der Waals surface area contributed by atoms with Crippen LogP contribution in [0.25, 0.3) is 0 Å². The largest absolute Gasteiger partial charge is 0.493 e. The van der Waals surface area contributed by atoms with Gasteiger partial charge >= 0.3 is 0 Å². The topological polar surface area (TPSA) is 27.7 Å². The summed E-state index contributed by atoms with van der Waals surface area (Å²) < 4.78 is 16.5. The van der Waals surface area contributed by atoms with E-state index in [1.165, 1.54) is 5.56 Å². The smallest absolute Gasteiger partial charge is 0.203 e. The molecule has 0 saturated carbocycles. The molecule has 1 aromatic carbocycles. The minimum Gasteiger partial charge on any atom is -0.493 e. The van der Waals surface area contributed by atoms with E-state index < -0.39 is 0 Å². The molecule has 21 heavy (non-hydrogen) atoms. The highest BCUT2D eigenvalue weighted by molar-refractivity contribution is 5.56. The second-order valence-electron chi connectivity index (χ2n) is 5.02. The van der Waals surface area contributed by atoms with E-state index in [4.69, 9.17) is 14.2 Å². The van der Waals surface area contributed by atoms with Crippen molar-refractivity contribution in [2.45, 2.75) is 45.4 Å². The van der Waals surface area contributed by atoms with Crippen LogP contribution in [0.15, 0.2) is 24.3 Å². The third-order valence-corrected chi connectivity index (χ3v) is 3.63. The van der Waals surface area contributed by atoms with Gasteiger partial charge in [0.05, 0.1) is 21.3 Å². The van der Waals surface area contributed by atoms with E-state index in [1.807, 2.05) is 6.07 Å². The molecule has 0 heterocycles. The second kappa shape index (κ2) is 9.32. The van der Waals surface area contributed by atoms with Gasteiger partial charge in [-0.05, 0) is 31.2 Å². The maximum absolute atomic E-state index is 5.61. The summed E-state index contributed by atoms with van der Waals surface area (Å²) in [5.74, 6) is 2.61. The Bertz CT molecular complexity index is 452. The lowest BCUT2D eigenvalue weighted by molar-refractivity contribution is 0.320. The predicted octanol–water partition coefficient (Wildman–Crippen LogP) is 4.95. The molecule has 0 aliphatic carbocycles. The van der Waals surface area contributed by atoms with Gasteiger partial charge in [-0.1, -0.05) is 38.5 Å². The van der Waals surface area contributed by atoms with Crippen molar-refractivity contribution in [3.05, 3.63) is 29.8 Å². The highest BCUT2D eigenvalue weighted by Gasteiger charge is 2.21. The van der Waals surface area contributed by atoms with Crippen LogP contribution >= 0.6 is 0 Å². The number of rotatable bonds is 9. The van der Waals surface area contributed by atoms with Crippen LogP contribution in [0.5, 0.6) is 17.2 Å². The van der Waals surface area contributed by atoms with Crippen LogP contribution in [0.4, 0.5) is 0 Å². The van der Waals surface area contributed by atoms with Crippen molar-refractivity contribution in [2.75, 3.05) is 21.3 Å². The van der Waals surface area contributed by atoms with Gasteiger partial charge in [-0.25, -0.2) is 0 Å². The van der Waals surface area contributed by atoms with Gasteiger partial charge < -0.3 is 14.2 Å². The van der Waals surface area contributed by atoms with E-state index in [2.05, 4.69) is 32.1 Å². The first kappa shape index (κ1) is 17.4. The normalized spacial score (nSPS) is 12.4. The molecule has 0 spiro atoms. The molecule has 0 aliphatic heterocycles. The van der Waals surface area contributed by atoms with Crippen molar-refractivity contribution in [3.8, 4) is 17.2 Å². The lowest BCUT2D eigenvalue weighted by atomic mass is 9.90. The van der Waals surface area contributed by atoms with Crippen molar-refractivity contribution >= 4 is 0 Å². The Kier molecular flexibility index (Phi) is 7.73. The van der Waals surface area contributed by atoms with E-state index in [0.29, 0.717) is 17.4 Å². The van der Waals surface area contributed by atoms with Gasteiger partial charge in [-0.3, -0.25) is 0 Å². The van der Waals surface area contributed by atoms with Crippen LogP contribution in [0, 0.1) is 0 Å². The second-order valence-corrected chi connectivity index (χ2v) is 5.02. The average molecular weight is 292 g/mol. The molecule has 1 aromatic rings. The Morgan fingerprint density at radius 1 is 0.952 bits per heavy atom. The molecule has 3 nitrogen and oxygen atoms in total. The standard InChI is InChI=1S/C18H28O3/c1-6-8-9-11-14(10-7-2)15-12-13-16(19-3)18(21-5)17(15)20-4/h8-9,12-14H,6-7,10-11H2,1-5H3/b9-8-. The van der Waals surface area contributed by atoms with Gasteiger partial charge in [0.2, 0.25) is 5.75 Å². The SMILES string of the molecule is CC/C=C\CC(CCC)c1ccc(OC)c(OC)c1OC. The number of allylic oxidation sites excluding steroid dienone is 2. The number of methoxy groups -OCH3 is 3. The molecule has 118 valence electrons. The molecule has 0 fully saturated rings. The third-order valence-electron chi connectivity index (χ3n) is 3.63. The summed E-state index contributed by atoms with van der Waals surface area (Å²) in [4.78, 5) is 0. The van der Waals surface area contributed by atoms with Crippen molar-refractivity contribution < 1.29 is 14.2 Å². The van der Waals surface area contributed by atoms with Gasteiger partial charge in [0, 0.05) is 5.56 Å². The van der Waals surface area contributed by atoms with E-state index in [0.717, 1.165) is 31.4 Å². The summed E-state index contributed by atoms with van der Waals surface area (Å²) in [6.07, 6.45) is 8.84. The van der Waals surface area contributed by atoms with Gasteiger partial charge in [0.1, 0.15) is 0 Å². The fourth-order valence-corrected chi connectivity index (χ4v) is 2.62. The number of hydrogen-bond donors (Lipinski definition) is 0. The summed E-state index contributed by atoms with van der Waals surface area (Å²) in [6.45, 7) is 4.37. The minimum absolute atomic E-state index is 0.438. The van der Waals surface area contributed by atoms with Crippen LogP contribution in [-0.2, 0) is 0 Å². The summed E-state index contributed by atoms with van der Waals surface area (Å²) in [5.41, 5.74) is 1.19. The molecule has 0 amide bonds. The molecular weight excluding hydrogens is 264 g/mol. The predicted molar refractivity (Wildman–Crippen MR) is 87.8 cm³/mol. The Balaban J connectivity index is 3.20. The third kappa shape index (κ3) is 4.42. The number of benzene rings is 1. The molecule has 0 bridgehead atoms. The monoisotopic (exact) mass is 292 g/mol. The fourth-order valence-electron chi connectivity index (χ4n) is 2.62. The van der Waals surface area contributed by atoms with Crippen LogP contribution < -0.4 is 14.2 Å². The Hall–Kier alpha value is -1.64. The van der Waals surface area contributed by atoms with E-state index in [-0.39, 0.29) is 0 Å². The maximum atomic E-state index is 5.61. The van der Waals surface area contributed by atoms with E-state index >= 15 is 0 Å². The lowest BCUT2D eigenvalue weighted by Gasteiger charge is -2.21. The first-order valence-electron chi connectivity index (χ1n) is 7.67. The highest BCUT2D eigenvalue weighted by atomic mass is 16.5. The van der Waals surface area contributed by atoms with E-state index in [9.17, 15) is 0 Å². The van der Waals surface area contributed by atoms with Crippen molar-refractivity contribution in [3.63, 3.8) is 0 Å². The summed E-state index contributed by atoms with van der Waals surface area (Å²) in [7, 11) is 4.98. The molecule has 3 heteroatoms. The van der Waals surface area contributed by atoms with Gasteiger partial charge in [-0.2, -0.15) is 0 Å². The molecule has 0 aliphatic rings. The molecule has 1 unspecified atom stereocenters. The van der Waals surface area contributed by atoms with Crippen molar-refractivity contribution in [2.24, 2.45) is 0 Å². The lowest BCUT2D eigenvalue weighted by Crippen LogP contribution is -2.04. The maximum Gasteiger partial charge on any atom is 0.203 e. The molecule has 1 atom stereocenters. The van der Waals surface area contributed by atoms with Crippen LogP contribution in [0.1, 0.15) is 51.0 Å². The van der Waals surface area contributed by atoms with E-state index in [1.54, 1.807) is 21.3 Å².